The van der Waals surface area contributed by atoms with Crippen LogP contribution < -0.4 is 5.32 Å². The second-order valence-corrected chi connectivity index (χ2v) is 18.1. The molecule has 0 saturated heterocycles. The lowest BCUT2D eigenvalue weighted by Crippen LogP contribution is -2.33. The van der Waals surface area contributed by atoms with Crippen molar-refractivity contribution in [3.05, 3.63) is 247 Å². The van der Waals surface area contributed by atoms with Gasteiger partial charge in [-0.25, -0.2) is 9.98 Å². The fraction of sp³-hybridized carbons (Fsp3) is 0.0164. The second-order valence-electron chi connectivity index (χ2n) is 17.0. The maximum Gasteiger partial charge on any atom is 0.159 e. The fourth-order valence-electron chi connectivity index (χ4n) is 9.75. The minimum Gasteiger partial charge on any atom is -0.344 e. The Balaban J connectivity index is 1.01. The van der Waals surface area contributed by atoms with Crippen LogP contribution in [0, 0.1) is 0 Å². The van der Waals surface area contributed by atoms with Crippen molar-refractivity contribution < 1.29 is 0 Å². The highest BCUT2D eigenvalue weighted by molar-refractivity contribution is 7.25. The Hall–Kier alpha value is -8.38. The van der Waals surface area contributed by atoms with Crippen LogP contribution in [0.1, 0.15) is 22.9 Å². The zero-order valence-electron chi connectivity index (χ0n) is 35.8. The maximum absolute atomic E-state index is 5.42. The quantitative estimate of drug-likeness (QED) is 0.170. The van der Waals surface area contributed by atoms with E-state index in [0.29, 0.717) is 5.84 Å². The van der Waals surface area contributed by atoms with E-state index in [0.717, 1.165) is 50.4 Å². The van der Waals surface area contributed by atoms with Crippen LogP contribution in [0.4, 0.5) is 0 Å². The van der Waals surface area contributed by atoms with Gasteiger partial charge in [0.25, 0.3) is 0 Å². The zero-order valence-corrected chi connectivity index (χ0v) is 36.6. The van der Waals surface area contributed by atoms with Gasteiger partial charge in [0.1, 0.15) is 12.0 Å². The summed E-state index contributed by atoms with van der Waals surface area (Å²) in [6.45, 7) is 0. The number of fused-ring (bicyclic) bond motifs is 7. The van der Waals surface area contributed by atoms with Gasteiger partial charge in [0.05, 0.1) is 16.7 Å². The number of rotatable bonds is 7. The second kappa shape index (κ2) is 15.7. The number of nitrogens with zero attached hydrogens (tertiary/aromatic N) is 3. The highest BCUT2D eigenvalue weighted by Crippen LogP contribution is 2.42. The molecule has 3 heterocycles. The molecule has 0 saturated carbocycles. The van der Waals surface area contributed by atoms with Crippen LogP contribution in [0.3, 0.4) is 0 Å². The van der Waals surface area contributed by atoms with Crippen molar-refractivity contribution in [1.29, 1.82) is 0 Å². The summed E-state index contributed by atoms with van der Waals surface area (Å²) in [7, 11) is 0. The third-order valence-electron chi connectivity index (χ3n) is 13.1. The molecule has 1 unspecified atom stereocenters. The Morgan fingerprint density at radius 1 is 0.394 bits per heavy atom. The van der Waals surface area contributed by atoms with E-state index in [1.807, 2.05) is 11.3 Å². The number of hydrogen-bond donors (Lipinski definition) is 1. The molecule has 0 amide bonds. The molecule has 2 aromatic heterocycles. The Kier molecular flexibility index (Phi) is 9.07. The van der Waals surface area contributed by atoms with E-state index in [1.165, 1.54) is 63.9 Å². The number of aliphatic imine (C=N–C) groups is 2. The molecule has 5 heteroatoms. The van der Waals surface area contributed by atoms with E-state index >= 15 is 0 Å². The van der Waals surface area contributed by atoms with E-state index in [2.05, 4.69) is 240 Å². The van der Waals surface area contributed by atoms with Gasteiger partial charge in [-0.15, -0.1) is 11.3 Å². The van der Waals surface area contributed by atoms with Crippen molar-refractivity contribution in [2.24, 2.45) is 9.98 Å². The first-order valence-corrected chi connectivity index (χ1v) is 23.2. The number of para-hydroxylation sites is 1. The highest BCUT2D eigenvalue weighted by Gasteiger charge is 2.24. The van der Waals surface area contributed by atoms with Crippen LogP contribution in [0.15, 0.2) is 241 Å². The van der Waals surface area contributed by atoms with Crippen LogP contribution in [0.5, 0.6) is 0 Å². The molecule has 66 heavy (non-hydrogen) atoms. The molecule has 10 aromatic carbocycles. The van der Waals surface area contributed by atoms with Crippen molar-refractivity contribution in [2.75, 3.05) is 0 Å². The van der Waals surface area contributed by atoms with Gasteiger partial charge in [-0.1, -0.05) is 176 Å². The van der Waals surface area contributed by atoms with Crippen molar-refractivity contribution >= 4 is 75.8 Å². The highest BCUT2D eigenvalue weighted by atomic mass is 32.1. The summed E-state index contributed by atoms with van der Waals surface area (Å²) in [6, 6.07) is 83.1. The van der Waals surface area contributed by atoms with Crippen LogP contribution in [0.25, 0.3) is 91.8 Å². The van der Waals surface area contributed by atoms with Gasteiger partial charge in [0.15, 0.2) is 5.84 Å². The van der Waals surface area contributed by atoms with Crippen molar-refractivity contribution in [2.45, 2.75) is 6.17 Å². The fourth-order valence-corrected chi connectivity index (χ4v) is 10.8. The number of amidine groups is 2. The van der Waals surface area contributed by atoms with E-state index in [-0.39, 0.29) is 6.17 Å². The predicted molar refractivity (Wildman–Crippen MR) is 279 cm³/mol. The maximum atomic E-state index is 5.42. The van der Waals surface area contributed by atoms with Crippen molar-refractivity contribution in [3.63, 3.8) is 0 Å². The van der Waals surface area contributed by atoms with Gasteiger partial charge in [0.2, 0.25) is 0 Å². The van der Waals surface area contributed by atoms with E-state index in [9.17, 15) is 0 Å². The number of nitrogens with one attached hydrogen (secondary N) is 1. The smallest absolute Gasteiger partial charge is 0.159 e. The largest absolute Gasteiger partial charge is 0.344 e. The lowest BCUT2D eigenvalue weighted by atomic mass is 9.97. The third kappa shape index (κ3) is 6.60. The first-order chi connectivity index (χ1) is 32.7. The van der Waals surface area contributed by atoms with Gasteiger partial charge in [-0.05, 0) is 98.8 Å². The number of thiophene rings is 1. The standard InChI is InChI=1S/C61H40N4S/c1-3-13-39(14-4-1)41-23-27-43(28-24-41)59-62-60(44-29-25-42(26-30-44)40-15-5-2-6-16-40)64-61(63-59)48-31-33-55(51(37-48)47-32-34-58-53(36-47)50-20-10-12-22-57(50)66-58)65-54-21-11-9-19-49(54)52-35-45-17-7-8-18-46(45)38-56(52)65/h1-38,59H,(H,62,63,64). The summed E-state index contributed by atoms with van der Waals surface area (Å²) < 4.78 is 5.02. The molecule has 0 fully saturated rings. The molecular formula is C61H40N4S. The molecule has 0 radical (unpaired) electrons. The normalized spacial score (nSPS) is 13.9. The lowest BCUT2D eigenvalue weighted by Gasteiger charge is -2.24. The molecule has 13 rings (SSSR count). The molecule has 0 bridgehead atoms. The molecule has 4 nitrogen and oxygen atoms in total. The first kappa shape index (κ1) is 38.1. The summed E-state index contributed by atoms with van der Waals surface area (Å²) in [5.74, 6) is 1.46. The zero-order chi connectivity index (χ0) is 43.6. The number of benzene rings is 10. The average molecular weight is 861 g/mol. The molecule has 0 spiro atoms. The van der Waals surface area contributed by atoms with Gasteiger partial charge in [-0.2, -0.15) is 0 Å². The molecule has 1 aliphatic heterocycles. The lowest BCUT2D eigenvalue weighted by molar-refractivity contribution is 0.674. The Morgan fingerprint density at radius 2 is 0.970 bits per heavy atom. The first-order valence-electron chi connectivity index (χ1n) is 22.4. The van der Waals surface area contributed by atoms with Crippen LogP contribution in [-0.4, -0.2) is 16.2 Å². The molecule has 310 valence electrons. The number of aromatic nitrogens is 1. The monoisotopic (exact) mass is 860 g/mol. The Bertz CT molecular complexity index is 3880. The van der Waals surface area contributed by atoms with Crippen molar-refractivity contribution in [3.8, 4) is 39.1 Å². The summed E-state index contributed by atoms with van der Waals surface area (Å²) in [4.78, 5) is 10.8. The summed E-state index contributed by atoms with van der Waals surface area (Å²) >= 11 is 1.84. The van der Waals surface area contributed by atoms with Gasteiger partial charge >= 0.3 is 0 Å². The minimum atomic E-state index is -0.367. The van der Waals surface area contributed by atoms with Crippen LogP contribution >= 0.6 is 11.3 Å². The third-order valence-corrected chi connectivity index (χ3v) is 14.2. The molecule has 12 aromatic rings. The molecule has 1 aliphatic rings. The van der Waals surface area contributed by atoms with E-state index in [4.69, 9.17) is 9.98 Å². The SMILES string of the molecule is c1ccc(-c2ccc(C3=NC(c4ccc(-n5c6ccccc6c6cc7ccccc7cc65)c(-c5ccc6sc7ccccc7c6c5)c4)=NC(c4ccc(-c5ccccc5)cc4)N3)cc2)cc1. The topological polar surface area (TPSA) is 41.7 Å². The molecule has 1 N–H and O–H groups in total. The summed E-state index contributed by atoms with van der Waals surface area (Å²) in [5.41, 5.74) is 13.4. The minimum absolute atomic E-state index is 0.367. The molecular weight excluding hydrogens is 821 g/mol. The molecule has 1 atom stereocenters. The Labute approximate surface area is 386 Å². The summed E-state index contributed by atoms with van der Waals surface area (Å²) in [6.07, 6.45) is -0.367. The predicted octanol–water partition coefficient (Wildman–Crippen LogP) is 15.8. The van der Waals surface area contributed by atoms with Crippen molar-refractivity contribution in [1.82, 2.24) is 9.88 Å². The van der Waals surface area contributed by atoms with Crippen LogP contribution in [0.2, 0.25) is 0 Å². The number of hydrogen-bond acceptors (Lipinski definition) is 4. The summed E-state index contributed by atoms with van der Waals surface area (Å²) in [5, 5.41) is 11.2. The van der Waals surface area contributed by atoms with Crippen LogP contribution in [-0.2, 0) is 0 Å². The van der Waals surface area contributed by atoms with Gasteiger partial charge < -0.3 is 9.88 Å². The van der Waals surface area contributed by atoms with E-state index < -0.39 is 0 Å². The van der Waals surface area contributed by atoms with Gasteiger partial charge in [0, 0.05) is 47.6 Å². The molecule has 0 aliphatic carbocycles. The van der Waals surface area contributed by atoms with E-state index in [1.54, 1.807) is 0 Å². The Morgan fingerprint density at radius 3 is 1.73 bits per heavy atom. The average Bonchev–Trinajstić information content (AvgIpc) is 3.93. The van der Waals surface area contributed by atoms with Gasteiger partial charge in [-0.3, -0.25) is 0 Å².